The van der Waals surface area contributed by atoms with Gasteiger partial charge in [-0.15, -0.1) is 0 Å². The van der Waals surface area contributed by atoms with E-state index in [9.17, 15) is 4.79 Å². The molecule has 1 atom stereocenters. The molecule has 1 N–H and O–H groups in total. The second kappa shape index (κ2) is 8.58. The zero-order valence-corrected chi connectivity index (χ0v) is 13.1. The van der Waals surface area contributed by atoms with Crippen LogP contribution in [-0.2, 0) is 9.53 Å². The first-order valence-corrected chi connectivity index (χ1v) is 6.97. The highest BCUT2D eigenvalue weighted by atomic mass is 79.9. The summed E-state index contributed by atoms with van der Waals surface area (Å²) in [5.41, 5.74) is 10.1. The van der Waals surface area contributed by atoms with Crippen molar-refractivity contribution in [3.05, 3.63) is 44.2 Å². The van der Waals surface area contributed by atoms with Gasteiger partial charge in [0.15, 0.2) is 0 Å². The smallest absolute Gasteiger partial charge is 0.327 e. The SMILES string of the molecule is COC(=O)C(NCCCN=[N+]=[N-])c1ccc(C)c(Br)c1. The molecule has 0 fully saturated rings. The highest BCUT2D eigenvalue weighted by molar-refractivity contribution is 9.10. The van der Waals surface area contributed by atoms with Crippen LogP contribution in [0.4, 0.5) is 0 Å². The fraction of sp³-hybridized carbons (Fsp3) is 0.462. The third-order valence-corrected chi connectivity index (χ3v) is 3.67. The van der Waals surface area contributed by atoms with Crippen molar-refractivity contribution < 1.29 is 9.53 Å². The Balaban J connectivity index is 2.75. The molecule has 20 heavy (non-hydrogen) atoms. The summed E-state index contributed by atoms with van der Waals surface area (Å²) in [6.45, 7) is 2.94. The molecule has 1 aromatic carbocycles. The molecule has 7 heteroatoms. The van der Waals surface area contributed by atoms with Crippen molar-refractivity contribution in [2.24, 2.45) is 5.11 Å². The fourth-order valence-corrected chi connectivity index (χ4v) is 2.08. The molecule has 0 heterocycles. The standard InChI is InChI=1S/C13H17BrN4O2/c1-9-4-5-10(8-11(9)14)12(13(19)20-2)16-6-3-7-17-18-15/h4-5,8,12,16H,3,6-7H2,1-2H3. The summed E-state index contributed by atoms with van der Waals surface area (Å²) in [5.74, 6) is -0.343. The lowest BCUT2D eigenvalue weighted by Crippen LogP contribution is -2.30. The molecule has 0 aliphatic carbocycles. The number of nitrogens with one attached hydrogen (secondary N) is 1. The van der Waals surface area contributed by atoms with Crippen LogP contribution in [-0.4, -0.2) is 26.2 Å². The summed E-state index contributed by atoms with van der Waals surface area (Å²) in [6.07, 6.45) is 0.657. The van der Waals surface area contributed by atoms with Crippen LogP contribution < -0.4 is 5.32 Å². The minimum Gasteiger partial charge on any atom is -0.468 e. The Morgan fingerprint density at radius 3 is 2.95 bits per heavy atom. The number of carbonyl (C=O) groups excluding carboxylic acids is 1. The van der Waals surface area contributed by atoms with Crippen molar-refractivity contribution in [1.29, 1.82) is 0 Å². The quantitative estimate of drug-likeness (QED) is 0.271. The molecule has 0 bridgehead atoms. The lowest BCUT2D eigenvalue weighted by Gasteiger charge is -2.17. The minimum atomic E-state index is -0.525. The van der Waals surface area contributed by atoms with E-state index < -0.39 is 6.04 Å². The molecule has 0 radical (unpaired) electrons. The third kappa shape index (κ3) is 4.85. The number of rotatable bonds is 7. The lowest BCUT2D eigenvalue weighted by molar-refractivity contribution is -0.143. The third-order valence-electron chi connectivity index (χ3n) is 2.81. The monoisotopic (exact) mass is 340 g/mol. The van der Waals surface area contributed by atoms with Crippen LogP contribution in [0.5, 0.6) is 0 Å². The van der Waals surface area contributed by atoms with E-state index in [0.717, 1.165) is 15.6 Å². The maximum Gasteiger partial charge on any atom is 0.327 e. The van der Waals surface area contributed by atoms with Crippen molar-refractivity contribution in [2.45, 2.75) is 19.4 Å². The van der Waals surface area contributed by atoms with Gasteiger partial charge in [0, 0.05) is 15.9 Å². The number of benzene rings is 1. The molecule has 1 unspecified atom stereocenters. The van der Waals surface area contributed by atoms with Gasteiger partial charge in [-0.05, 0) is 42.6 Å². The highest BCUT2D eigenvalue weighted by Gasteiger charge is 2.20. The van der Waals surface area contributed by atoms with Crippen LogP contribution in [0, 0.1) is 6.92 Å². The molecule has 0 saturated heterocycles. The van der Waals surface area contributed by atoms with Gasteiger partial charge < -0.3 is 10.1 Å². The van der Waals surface area contributed by atoms with E-state index in [1.54, 1.807) is 0 Å². The van der Waals surface area contributed by atoms with Gasteiger partial charge in [0.25, 0.3) is 0 Å². The zero-order chi connectivity index (χ0) is 15.0. The maximum absolute atomic E-state index is 11.8. The normalized spacial score (nSPS) is 11.6. The summed E-state index contributed by atoms with van der Waals surface area (Å²) in [7, 11) is 1.36. The first-order chi connectivity index (χ1) is 9.60. The molecular weight excluding hydrogens is 324 g/mol. The Kier molecular flexibility index (Phi) is 7.08. The molecule has 0 aliphatic rings. The molecular formula is C13H17BrN4O2. The largest absolute Gasteiger partial charge is 0.468 e. The number of hydrogen-bond acceptors (Lipinski definition) is 4. The predicted molar refractivity (Wildman–Crippen MR) is 80.3 cm³/mol. The van der Waals surface area contributed by atoms with E-state index in [1.165, 1.54) is 7.11 Å². The van der Waals surface area contributed by atoms with Gasteiger partial charge in [-0.2, -0.15) is 0 Å². The second-order valence-corrected chi connectivity index (χ2v) is 5.08. The number of ether oxygens (including phenoxy) is 1. The van der Waals surface area contributed by atoms with Crippen LogP contribution in [0.1, 0.15) is 23.6 Å². The van der Waals surface area contributed by atoms with E-state index in [2.05, 4.69) is 31.3 Å². The van der Waals surface area contributed by atoms with Crippen LogP contribution in [0.25, 0.3) is 10.4 Å². The Bertz CT molecular complexity index is 515. The summed E-state index contributed by atoms with van der Waals surface area (Å²) in [5, 5.41) is 6.56. The molecule has 0 amide bonds. The number of methoxy groups -OCH3 is 1. The first-order valence-electron chi connectivity index (χ1n) is 6.18. The second-order valence-electron chi connectivity index (χ2n) is 4.23. The summed E-state index contributed by atoms with van der Waals surface area (Å²) >= 11 is 3.45. The fourth-order valence-electron chi connectivity index (χ4n) is 1.68. The van der Waals surface area contributed by atoms with Crippen LogP contribution in [0.3, 0.4) is 0 Å². The number of esters is 1. The summed E-state index contributed by atoms with van der Waals surface area (Å²) in [6, 6.07) is 5.21. The van der Waals surface area contributed by atoms with Crippen LogP contribution in [0.15, 0.2) is 27.8 Å². The van der Waals surface area contributed by atoms with Gasteiger partial charge in [-0.25, -0.2) is 4.79 Å². The van der Waals surface area contributed by atoms with Crippen LogP contribution in [0.2, 0.25) is 0 Å². The molecule has 0 spiro atoms. The van der Waals surface area contributed by atoms with Crippen molar-refractivity contribution in [3.8, 4) is 0 Å². The number of nitrogens with zero attached hydrogens (tertiary/aromatic N) is 3. The Hall–Kier alpha value is -1.56. The topological polar surface area (TPSA) is 87.1 Å². The van der Waals surface area contributed by atoms with E-state index in [4.69, 9.17) is 10.3 Å². The molecule has 1 aromatic rings. The number of aryl methyl sites for hydroxylation is 1. The maximum atomic E-state index is 11.8. The first kappa shape index (κ1) is 16.5. The van der Waals surface area contributed by atoms with E-state index in [0.29, 0.717) is 19.5 Å². The average molecular weight is 341 g/mol. The Labute approximate surface area is 126 Å². The Morgan fingerprint density at radius 1 is 1.60 bits per heavy atom. The van der Waals surface area contributed by atoms with E-state index in [-0.39, 0.29) is 5.97 Å². The summed E-state index contributed by atoms with van der Waals surface area (Å²) in [4.78, 5) is 14.5. The highest BCUT2D eigenvalue weighted by Crippen LogP contribution is 2.22. The number of hydrogen-bond donors (Lipinski definition) is 1. The van der Waals surface area contributed by atoms with Crippen molar-refractivity contribution in [2.75, 3.05) is 20.2 Å². The zero-order valence-electron chi connectivity index (χ0n) is 11.5. The van der Waals surface area contributed by atoms with Crippen LogP contribution >= 0.6 is 15.9 Å². The Morgan fingerprint density at radius 2 is 2.35 bits per heavy atom. The predicted octanol–water partition coefficient (Wildman–Crippen LogP) is 3.26. The number of azide groups is 1. The average Bonchev–Trinajstić information content (AvgIpc) is 2.45. The van der Waals surface area contributed by atoms with Gasteiger partial charge in [0.1, 0.15) is 6.04 Å². The van der Waals surface area contributed by atoms with Gasteiger partial charge in [-0.1, -0.05) is 33.2 Å². The molecule has 6 nitrogen and oxygen atoms in total. The lowest BCUT2D eigenvalue weighted by atomic mass is 10.1. The summed E-state index contributed by atoms with van der Waals surface area (Å²) < 4.78 is 5.76. The van der Waals surface area contributed by atoms with E-state index >= 15 is 0 Å². The van der Waals surface area contributed by atoms with Gasteiger partial charge in [0.2, 0.25) is 0 Å². The van der Waals surface area contributed by atoms with Crippen molar-refractivity contribution in [3.63, 3.8) is 0 Å². The molecule has 108 valence electrons. The van der Waals surface area contributed by atoms with Crippen molar-refractivity contribution in [1.82, 2.24) is 5.32 Å². The van der Waals surface area contributed by atoms with Crippen molar-refractivity contribution >= 4 is 21.9 Å². The van der Waals surface area contributed by atoms with Gasteiger partial charge in [0.05, 0.1) is 7.11 Å². The van der Waals surface area contributed by atoms with Gasteiger partial charge in [-0.3, -0.25) is 0 Å². The minimum absolute atomic E-state index is 0.343. The van der Waals surface area contributed by atoms with Gasteiger partial charge >= 0.3 is 5.97 Å². The van der Waals surface area contributed by atoms with E-state index in [1.807, 2.05) is 25.1 Å². The molecule has 1 rings (SSSR count). The molecule has 0 aliphatic heterocycles. The molecule has 0 saturated carbocycles. The number of carbonyl (C=O) groups is 1. The molecule has 0 aromatic heterocycles. The number of halogens is 1.